The van der Waals surface area contributed by atoms with Crippen molar-refractivity contribution in [3.63, 3.8) is 0 Å². The maximum absolute atomic E-state index is 13.6. The Morgan fingerprint density at radius 3 is 2.41 bits per heavy atom. The monoisotopic (exact) mass is 297 g/mol. The van der Waals surface area contributed by atoms with Gasteiger partial charge in [0.25, 0.3) is 0 Å². The highest BCUT2D eigenvalue weighted by Crippen LogP contribution is 2.29. The van der Waals surface area contributed by atoms with E-state index in [1.807, 2.05) is 41.3 Å². The summed E-state index contributed by atoms with van der Waals surface area (Å²) in [6.45, 7) is 0.654. The molecule has 2 nitrogen and oxygen atoms in total. The number of aryl methyl sites for hydroxylation is 1. The van der Waals surface area contributed by atoms with Gasteiger partial charge in [-0.2, -0.15) is 0 Å². The minimum atomic E-state index is -0.226. The quantitative estimate of drug-likeness (QED) is 0.790. The van der Waals surface area contributed by atoms with Crippen molar-refractivity contribution < 1.29 is 9.18 Å². The number of amides is 1. The van der Waals surface area contributed by atoms with E-state index < -0.39 is 0 Å². The molecule has 0 saturated heterocycles. The molecule has 0 aliphatic heterocycles. The smallest absolute Gasteiger partial charge is 0.223 e. The second-order valence-corrected chi connectivity index (χ2v) is 5.83. The van der Waals surface area contributed by atoms with Gasteiger partial charge in [0.15, 0.2) is 0 Å². The average Bonchev–Trinajstić information content (AvgIpc) is 3.37. The van der Waals surface area contributed by atoms with Crippen molar-refractivity contribution in [2.75, 3.05) is 0 Å². The first-order valence-corrected chi connectivity index (χ1v) is 7.81. The molecule has 22 heavy (non-hydrogen) atoms. The van der Waals surface area contributed by atoms with Crippen LogP contribution in [0, 0.1) is 5.82 Å². The molecule has 3 rings (SSSR count). The lowest BCUT2D eigenvalue weighted by atomic mass is 10.1. The summed E-state index contributed by atoms with van der Waals surface area (Å²) in [6, 6.07) is 17.1. The Morgan fingerprint density at radius 2 is 1.73 bits per heavy atom. The summed E-state index contributed by atoms with van der Waals surface area (Å²) in [6.07, 6.45) is 2.99. The van der Waals surface area contributed by atoms with Crippen LogP contribution in [-0.4, -0.2) is 16.8 Å². The highest BCUT2D eigenvalue weighted by molar-refractivity contribution is 5.77. The summed E-state index contributed by atoms with van der Waals surface area (Å²) in [7, 11) is 0. The van der Waals surface area contributed by atoms with Crippen molar-refractivity contribution in [1.29, 1.82) is 0 Å². The second-order valence-electron chi connectivity index (χ2n) is 5.83. The second kappa shape index (κ2) is 6.73. The largest absolute Gasteiger partial charge is 0.335 e. The van der Waals surface area contributed by atoms with Crippen LogP contribution in [0.25, 0.3) is 0 Å². The molecule has 0 heterocycles. The number of hydrogen-bond donors (Lipinski definition) is 0. The van der Waals surface area contributed by atoms with Crippen molar-refractivity contribution >= 4 is 5.91 Å². The molecule has 1 aliphatic rings. The molecule has 0 unspecified atom stereocenters. The Hall–Kier alpha value is -2.16. The molecule has 0 spiro atoms. The Bertz CT molecular complexity index is 637. The van der Waals surface area contributed by atoms with Gasteiger partial charge in [-0.15, -0.1) is 0 Å². The molecule has 1 aliphatic carbocycles. The Labute approximate surface area is 130 Å². The van der Waals surface area contributed by atoms with Crippen LogP contribution in [0.3, 0.4) is 0 Å². The number of benzene rings is 2. The Morgan fingerprint density at radius 1 is 1.05 bits per heavy atom. The average molecular weight is 297 g/mol. The van der Waals surface area contributed by atoms with E-state index in [1.165, 1.54) is 6.07 Å². The van der Waals surface area contributed by atoms with Crippen LogP contribution in [0.5, 0.6) is 0 Å². The molecule has 0 aromatic heterocycles. The van der Waals surface area contributed by atoms with E-state index in [-0.39, 0.29) is 11.7 Å². The third kappa shape index (κ3) is 3.73. The van der Waals surface area contributed by atoms with E-state index >= 15 is 0 Å². The molecular weight excluding hydrogens is 277 g/mol. The van der Waals surface area contributed by atoms with Crippen LogP contribution in [0.1, 0.15) is 30.4 Å². The lowest BCUT2D eigenvalue weighted by molar-refractivity contribution is -0.132. The van der Waals surface area contributed by atoms with Crippen LogP contribution in [0.15, 0.2) is 54.6 Å². The fourth-order valence-electron chi connectivity index (χ4n) is 2.67. The molecule has 114 valence electrons. The van der Waals surface area contributed by atoms with Crippen LogP contribution < -0.4 is 0 Å². The van der Waals surface area contributed by atoms with Crippen LogP contribution in [0.2, 0.25) is 0 Å². The molecule has 2 aromatic carbocycles. The highest BCUT2D eigenvalue weighted by atomic mass is 19.1. The summed E-state index contributed by atoms with van der Waals surface area (Å²) in [5.41, 5.74) is 1.76. The van der Waals surface area contributed by atoms with Crippen molar-refractivity contribution in [3.05, 3.63) is 71.5 Å². The van der Waals surface area contributed by atoms with Gasteiger partial charge in [-0.1, -0.05) is 48.5 Å². The van der Waals surface area contributed by atoms with E-state index in [0.717, 1.165) is 18.4 Å². The van der Waals surface area contributed by atoms with Gasteiger partial charge in [0.1, 0.15) is 5.82 Å². The van der Waals surface area contributed by atoms with Gasteiger partial charge in [-0.3, -0.25) is 4.79 Å². The van der Waals surface area contributed by atoms with E-state index in [0.29, 0.717) is 31.0 Å². The lowest BCUT2D eigenvalue weighted by Crippen LogP contribution is -2.32. The van der Waals surface area contributed by atoms with Crippen molar-refractivity contribution in [2.24, 2.45) is 0 Å². The van der Waals surface area contributed by atoms with E-state index in [1.54, 1.807) is 12.1 Å². The number of hydrogen-bond acceptors (Lipinski definition) is 1. The van der Waals surface area contributed by atoms with Crippen molar-refractivity contribution in [1.82, 2.24) is 4.90 Å². The van der Waals surface area contributed by atoms with Gasteiger partial charge < -0.3 is 4.90 Å². The number of nitrogens with zero attached hydrogens (tertiary/aromatic N) is 1. The normalized spacial score (nSPS) is 13.9. The molecule has 0 atom stereocenters. The Balaban J connectivity index is 1.62. The molecule has 1 fully saturated rings. The standard InChI is InChI=1S/C19H20FNO/c20-18-9-5-4-8-16(18)10-13-19(22)21(17-11-12-17)14-15-6-2-1-3-7-15/h1-9,17H,10-14H2. The number of carbonyl (C=O) groups is 1. The van der Waals surface area contributed by atoms with Gasteiger partial charge in [-0.25, -0.2) is 4.39 Å². The minimum Gasteiger partial charge on any atom is -0.335 e. The molecule has 0 N–H and O–H groups in total. The molecule has 3 heteroatoms. The molecule has 0 radical (unpaired) electrons. The predicted octanol–water partition coefficient (Wildman–Crippen LogP) is 3.95. The fraction of sp³-hybridized carbons (Fsp3) is 0.316. The maximum Gasteiger partial charge on any atom is 0.223 e. The van der Waals surface area contributed by atoms with Gasteiger partial charge >= 0.3 is 0 Å². The molecule has 0 bridgehead atoms. The highest BCUT2D eigenvalue weighted by Gasteiger charge is 2.32. The molecule has 1 saturated carbocycles. The van der Waals surface area contributed by atoms with E-state index in [4.69, 9.17) is 0 Å². The van der Waals surface area contributed by atoms with Crippen LogP contribution in [0.4, 0.5) is 4.39 Å². The summed E-state index contributed by atoms with van der Waals surface area (Å²) in [5.74, 6) is -0.106. The van der Waals surface area contributed by atoms with Gasteiger partial charge in [0, 0.05) is 19.0 Å². The molecule has 1 amide bonds. The first-order valence-electron chi connectivity index (χ1n) is 7.81. The van der Waals surface area contributed by atoms with Crippen molar-refractivity contribution in [3.8, 4) is 0 Å². The van der Waals surface area contributed by atoms with Gasteiger partial charge in [-0.05, 0) is 36.5 Å². The number of carbonyl (C=O) groups excluding carboxylic acids is 1. The number of rotatable bonds is 6. The minimum absolute atomic E-state index is 0.120. The zero-order valence-electron chi connectivity index (χ0n) is 12.5. The zero-order chi connectivity index (χ0) is 15.4. The van der Waals surface area contributed by atoms with Crippen LogP contribution in [-0.2, 0) is 17.8 Å². The Kier molecular flexibility index (Phi) is 4.52. The molecular formula is C19H20FNO. The van der Waals surface area contributed by atoms with Gasteiger partial charge in [0.2, 0.25) is 5.91 Å². The fourth-order valence-corrected chi connectivity index (χ4v) is 2.67. The first kappa shape index (κ1) is 14.8. The van der Waals surface area contributed by atoms with Crippen LogP contribution >= 0.6 is 0 Å². The topological polar surface area (TPSA) is 20.3 Å². The summed E-state index contributed by atoms with van der Waals surface area (Å²) in [5, 5.41) is 0. The number of halogens is 1. The van der Waals surface area contributed by atoms with E-state index in [9.17, 15) is 9.18 Å². The third-order valence-corrected chi connectivity index (χ3v) is 4.07. The SMILES string of the molecule is O=C(CCc1ccccc1F)N(Cc1ccccc1)C1CC1. The van der Waals surface area contributed by atoms with E-state index in [2.05, 4.69) is 0 Å². The maximum atomic E-state index is 13.6. The first-order chi connectivity index (χ1) is 10.7. The molecule has 2 aromatic rings. The van der Waals surface area contributed by atoms with Gasteiger partial charge in [0.05, 0.1) is 0 Å². The lowest BCUT2D eigenvalue weighted by Gasteiger charge is -2.22. The summed E-state index contributed by atoms with van der Waals surface area (Å²) >= 11 is 0. The third-order valence-electron chi connectivity index (χ3n) is 4.07. The van der Waals surface area contributed by atoms with Crippen molar-refractivity contribution in [2.45, 2.75) is 38.3 Å². The predicted molar refractivity (Wildman–Crippen MR) is 84.7 cm³/mol. The summed E-state index contributed by atoms with van der Waals surface area (Å²) in [4.78, 5) is 14.5. The zero-order valence-corrected chi connectivity index (χ0v) is 12.5. The summed E-state index contributed by atoms with van der Waals surface area (Å²) < 4.78 is 13.6.